The molecule has 9 rings (SSSR count). The van der Waals surface area contributed by atoms with E-state index >= 15 is 0 Å². The van der Waals surface area contributed by atoms with E-state index in [1.54, 1.807) is 42.5 Å². The number of ether oxygens (including phenoxy) is 3. The molecular formula is C56H56Cl6F9N3O6. The number of aliphatic carboxylic acids is 1. The van der Waals surface area contributed by atoms with Crippen LogP contribution in [-0.2, 0) is 24.2 Å². The molecule has 0 saturated carbocycles. The Bertz CT molecular complexity index is 3430. The van der Waals surface area contributed by atoms with Crippen molar-refractivity contribution in [1.29, 1.82) is 0 Å². The van der Waals surface area contributed by atoms with Crippen molar-refractivity contribution in [3.63, 3.8) is 0 Å². The van der Waals surface area contributed by atoms with Crippen LogP contribution in [-0.4, -0.2) is 51.0 Å². The van der Waals surface area contributed by atoms with Crippen molar-refractivity contribution in [2.24, 2.45) is 0 Å². The van der Waals surface area contributed by atoms with Gasteiger partial charge in [0.05, 0.1) is 5.52 Å². The molecule has 0 spiro atoms. The number of hydrogen-bond acceptors (Lipinski definition) is 5. The summed E-state index contributed by atoms with van der Waals surface area (Å²) in [6.45, 7) is -0.368. The van der Waals surface area contributed by atoms with Gasteiger partial charge in [0, 0.05) is 71.8 Å². The van der Waals surface area contributed by atoms with Crippen LogP contribution in [0.1, 0.15) is 77.2 Å². The number of fused-ring (bicyclic) bond motifs is 3. The zero-order chi connectivity index (χ0) is 54.1. The summed E-state index contributed by atoms with van der Waals surface area (Å²) in [4.78, 5) is 27.3. The molecule has 0 amide bonds. The van der Waals surface area contributed by atoms with Crippen molar-refractivity contribution in [3.8, 4) is 17.2 Å². The number of nitrogens with one attached hydrogen (secondary N) is 2. The van der Waals surface area contributed by atoms with Gasteiger partial charge in [-0.1, -0.05) is 169 Å². The summed E-state index contributed by atoms with van der Waals surface area (Å²) >= 11 is 36.0. The van der Waals surface area contributed by atoms with Gasteiger partial charge >= 0.3 is 25.1 Å². The lowest BCUT2D eigenvalue weighted by atomic mass is 10.0. The van der Waals surface area contributed by atoms with Crippen molar-refractivity contribution in [1.82, 2.24) is 14.5 Å². The average Bonchev–Trinajstić information content (AvgIpc) is 3.90. The predicted octanol–water partition coefficient (Wildman–Crippen LogP) is 21.2. The third-order valence-electron chi connectivity index (χ3n) is 9.98. The monoisotopic (exact) mass is 1250 g/mol. The number of carbonyl (C=O) groups is 2. The van der Waals surface area contributed by atoms with Crippen LogP contribution < -0.4 is 14.2 Å². The standard InChI is InChI=1S/C18H12Cl2F3NO3.C16H10Cl2F3NO.C8H5Cl2N.C8H5F3O2.6CH4/c19-11-4-5-13-14(17(20)24(9-16(25)26)15(13)8-11)7-10-2-1-3-12(6-10)27-18(21,22)23;17-10-4-5-12-13(15(18)22-14(12)8-10)7-9-2-1-3-11(6-9)23-16(19,20)21;9-6-2-1-5-3-8(10)11-7(5)4-6;9-8(10,11)13-7-3-1-2-6(4-7)5-12;;;;;;/h1-6,8H,7,9H2,(H,25,26);1-6,8,22H,7H2;1-4,11H;1-5H;6*1H4. The maximum atomic E-state index is 12.4. The van der Waals surface area contributed by atoms with E-state index in [2.05, 4.69) is 24.2 Å². The number of halogens is 15. The molecule has 0 saturated heterocycles. The number of carboxylic acids is 1. The summed E-state index contributed by atoms with van der Waals surface area (Å²) in [5, 5.41) is 14.7. The quantitative estimate of drug-likeness (QED) is 0.0927. The Morgan fingerprint density at radius 2 is 0.975 bits per heavy atom. The Morgan fingerprint density at radius 3 is 1.48 bits per heavy atom. The summed E-state index contributed by atoms with van der Waals surface area (Å²) in [6, 6.07) is 33.9. The number of benzene rings is 6. The van der Waals surface area contributed by atoms with Gasteiger partial charge in [0.1, 0.15) is 45.5 Å². The third kappa shape index (κ3) is 21.9. The lowest BCUT2D eigenvalue weighted by Gasteiger charge is -2.10. The normalized spacial score (nSPS) is 10.6. The molecule has 0 bridgehead atoms. The number of carboxylic acid groups (broad SMARTS) is 1. The second-order valence-electron chi connectivity index (χ2n) is 15.3. The van der Waals surface area contributed by atoms with Crippen LogP contribution in [0, 0.1) is 0 Å². The minimum Gasteiger partial charge on any atom is -0.480 e. The number of alkyl halides is 9. The van der Waals surface area contributed by atoms with E-state index in [9.17, 15) is 49.1 Å². The summed E-state index contributed by atoms with van der Waals surface area (Å²) < 4.78 is 122. The first-order chi connectivity index (χ1) is 34.7. The fraction of sp³-hybridized carbons (Fsp3) is 0.214. The summed E-state index contributed by atoms with van der Waals surface area (Å²) in [6.07, 6.45) is -13.2. The first kappa shape index (κ1) is 73.6. The van der Waals surface area contributed by atoms with Crippen LogP contribution in [0.15, 0.2) is 133 Å². The number of aromatic amines is 2. The minimum absolute atomic E-state index is 0. The molecule has 0 aliphatic heterocycles. The molecule has 0 fully saturated rings. The van der Waals surface area contributed by atoms with Gasteiger partial charge in [-0.05, 0) is 90.0 Å². The van der Waals surface area contributed by atoms with E-state index in [0.717, 1.165) is 44.5 Å². The van der Waals surface area contributed by atoms with E-state index in [0.29, 0.717) is 60.7 Å². The highest BCUT2D eigenvalue weighted by Gasteiger charge is 2.33. The maximum absolute atomic E-state index is 12.4. The minimum atomic E-state index is -4.79. The van der Waals surface area contributed by atoms with Gasteiger partial charge in [-0.3, -0.25) is 9.59 Å². The molecule has 9 nitrogen and oxygen atoms in total. The second-order valence-corrected chi connectivity index (χ2v) is 17.8. The van der Waals surface area contributed by atoms with E-state index in [1.165, 1.54) is 53.1 Å². The van der Waals surface area contributed by atoms with Gasteiger partial charge in [-0.25, -0.2) is 0 Å². The second kappa shape index (κ2) is 31.6. The lowest BCUT2D eigenvalue weighted by Crippen LogP contribution is -2.17. The summed E-state index contributed by atoms with van der Waals surface area (Å²) in [7, 11) is 0. The molecule has 24 heteroatoms. The number of nitrogens with zero attached hydrogens (tertiary/aromatic N) is 1. The molecule has 436 valence electrons. The fourth-order valence-corrected chi connectivity index (χ4v) is 8.47. The van der Waals surface area contributed by atoms with Gasteiger partial charge < -0.3 is 33.9 Å². The molecule has 0 radical (unpaired) electrons. The number of carbonyl (C=O) groups excluding carboxylic acids is 1. The highest BCUT2D eigenvalue weighted by Crippen LogP contribution is 2.36. The van der Waals surface area contributed by atoms with Crippen molar-refractivity contribution < 1.29 is 68.4 Å². The molecule has 0 unspecified atom stereocenters. The van der Waals surface area contributed by atoms with Crippen LogP contribution in [0.3, 0.4) is 0 Å². The topological polar surface area (TPSA) is 119 Å². The number of aldehydes is 1. The van der Waals surface area contributed by atoms with E-state index in [-0.39, 0.29) is 79.7 Å². The molecule has 0 aliphatic carbocycles. The average molecular weight is 1250 g/mol. The molecule has 0 aliphatic rings. The molecule has 80 heavy (non-hydrogen) atoms. The number of hydrogen-bond donors (Lipinski definition) is 3. The van der Waals surface area contributed by atoms with Crippen molar-refractivity contribution >= 4 is 115 Å². The zero-order valence-electron chi connectivity index (χ0n) is 37.0. The van der Waals surface area contributed by atoms with E-state index < -0.39 is 30.8 Å². The predicted molar refractivity (Wildman–Crippen MR) is 307 cm³/mol. The Labute approximate surface area is 487 Å². The van der Waals surface area contributed by atoms with Gasteiger partial charge in [-0.2, -0.15) is 0 Å². The fourth-order valence-electron chi connectivity index (χ4n) is 7.15. The third-order valence-corrected chi connectivity index (χ3v) is 11.6. The molecule has 3 heterocycles. The van der Waals surface area contributed by atoms with Gasteiger partial charge in [0.15, 0.2) is 0 Å². The molecule has 6 aromatic carbocycles. The van der Waals surface area contributed by atoms with Crippen molar-refractivity contribution in [2.45, 2.75) is 83.0 Å². The highest BCUT2D eigenvalue weighted by molar-refractivity contribution is 6.34. The smallest absolute Gasteiger partial charge is 0.480 e. The van der Waals surface area contributed by atoms with Crippen molar-refractivity contribution in [3.05, 3.63) is 192 Å². The zero-order valence-corrected chi connectivity index (χ0v) is 41.5. The van der Waals surface area contributed by atoms with Crippen LogP contribution in [0.25, 0.3) is 32.7 Å². The van der Waals surface area contributed by atoms with Gasteiger partial charge in [-0.15, -0.1) is 39.5 Å². The number of H-pyrrole nitrogens is 2. The molecule has 3 aromatic heterocycles. The lowest BCUT2D eigenvalue weighted by molar-refractivity contribution is -0.275. The molecule has 3 N–H and O–H groups in total. The molecule has 9 aromatic rings. The first-order valence-corrected chi connectivity index (χ1v) is 23.1. The Morgan fingerprint density at radius 1 is 0.525 bits per heavy atom. The summed E-state index contributed by atoms with van der Waals surface area (Å²) in [5.41, 5.74) is 5.00. The van der Waals surface area contributed by atoms with Gasteiger partial charge in [0.2, 0.25) is 0 Å². The van der Waals surface area contributed by atoms with Crippen LogP contribution in [0.5, 0.6) is 17.2 Å². The largest absolute Gasteiger partial charge is 0.573 e. The molecular weight excluding hydrogens is 1190 g/mol. The highest BCUT2D eigenvalue weighted by atomic mass is 35.5. The van der Waals surface area contributed by atoms with E-state index in [4.69, 9.17) is 74.7 Å². The SMILES string of the molecule is C.C.C.C.C.C.Clc1ccc2cc(Cl)[nH]c2c1.FC(F)(F)Oc1cccc(Cc2c(Cl)[nH]c3cc(Cl)ccc23)c1.O=C(O)Cn1c(Cl)c(Cc2cccc(OC(F)(F)F)c2)c2ccc(Cl)cc21.O=Cc1cccc(OC(F)(F)F)c1. The van der Waals surface area contributed by atoms with Crippen molar-refractivity contribution in [2.75, 3.05) is 0 Å². The van der Waals surface area contributed by atoms with Gasteiger partial charge in [0.25, 0.3) is 0 Å². The Kier molecular flexibility index (Phi) is 29.0. The number of rotatable bonds is 10. The molecule has 0 atom stereocenters. The van der Waals surface area contributed by atoms with E-state index in [1.807, 2.05) is 30.3 Å². The van der Waals surface area contributed by atoms with Crippen LogP contribution in [0.4, 0.5) is 39.5 Å². The number of aromatic nitrogens is 3. The Hall–Kier alpha value is -6.41. The van der Waals surface area contributed by atoms with Crippen LogP contribution in [0.2, 0.25) is 30.5 Å². The Balaban J connectivity index is 0.00000107. The summed E-state index contributed by atoms with van der Waals surface area (Å²) in [5.74, 6) is -2.07. The first-order valence-electron chi connectivity index (χ1n) is 20.8. The maximum Gasteiger partial charge on any atom is 0.573 e. The van der Waals surface area contributed by atoms with Crippen LogP contribution >= 0.6 is 69.6 Å².